The number of rotatable bonds is 6. The summed E-state index contributed by atoms with van der Waals surface area (Å²) in [5.41, 5.74) is 11.0. The molecule has 0 saturated heterocycles. The van der Waals surface area contributed by atoms with E-state index in [0.717, 1.165) is 40.9 Å². The molecule has 0 radical (unpaired) electrons. The van der Waals surface area contributed by atoms with E-state index in [9.17, 15) is 0 Å². The minimum atomic E-state index is 0.497. The van der Waals surface area contributed by atoms with Gasteiger partial charge in [0.15, 0.2) is 0 Å². The first-order valence-electron chi connectivity index (χ1n) is 10.1. The van der Waals surface area contributed by atoms with Gasteiger partial charge in [0.05, 0.1) is 11.0 Å². The fourth-order valence-electron chi connectivity index (χ4n) is 3.53. The van der Waals surface area contributed by atoms with Gasteiger partial charge in [-0.25, -0.2) is 15.0 Å². The number of anilines is 2. The van der Waals surface area contributed by atoms with Gasteiger partial charge < -0.3 is 11.1 Å². The van der Waals surface area contributed by atoms with Crippen molar-refractivity contribution >= 4 is 22.8 Å². The molecule has 7 nitrogen and oxygen atoms in total. The van der Waals surface area contributed by atoms with Crippen molar-refractivity contribution in [2.45, 2.75) is 6.42 Å². The largest absolute Gasteiger partial charge is 0.384 e. The van der Waals surface area contributed by atoms with Crippen LogP contribution in [0.3, 0.4) is 0 Å². The number of nitrogens with zero attached hydrogens (tertiary/aromatic N) is 5. The minimum Gasteiger partial charge on any atom is -0.384 e. The van der Waals surface area contributed by atoms with Gasteiger partial charge in [0.1, 0.15) is 18.0 Å². The van der Waals surface area contributed by atoms with Crippen LogP contribution in [-0.4, -0.2) is 31.0 Å². The molecule has 0 unspecified atom stereocenters. The van der Waals surface area contributed by atoms with Crippen LogP contribution < -0.4 is 11.1 Å². The average molecular weight is 407 g/mol. The topological polar surface area (TPSA) is 94.5 Å². The molecule has 0 fully saturated rings. The normalized spacial score (nSPS) is 11.0. The Bertz CT molecular complexity index is 1330. The quantitative estimate of drug-likeness (QED) is 0.440. The van der Waals surface area contributed by atoms with Gasteiger partial charge in [0.25, 0.3) is 0 Å². The standard InChI is InChI=1S/C24H21N7/c25-22-15-19(9-12-26-22)18-6-7-21-20(14-18)29-16-31(21)23-10-13-28-24(30-23)27-11-8-17-4-2-1-3-5-17/h1-7,9-10,12-16H,8,11H2,(H2,25,26)(H,27,28,30). The Morgan fingerprint density at radius 1 is 0.839 bits per heavy atom. The molecule has 0 amide bonds. The summed E-state index contributed by atoms with van der Waals surface area (Å²) in [6, 6.07) is 22.2. The van der Waals surface area contributed by atoms with Gasteiger partial charge in [-0.2, -0.15) is 4.98 Å². The van der Waals surface area contributed by atoms with Crippen molar-refractivity contribution in [3.63, 3.8) is 0 Å². The summed E-state index contributed by atoms with van der Waals surface area (Å²) in [5.74, 6) is 1.86. The average Bonchev–Trinajstić information content (AvgIpc) is 3.23. The van der Waals surface area contributed by atoms with Crippen LogP contribution in [0.4, 0.5) is 11.8 Å². The van der Waals surface area contributed by atoms with E-state index in [4.69, 9.17) is 5.73 Å². The monoisotopic (exact) mass is 407 g/mol. The molecule has 0 bridgehead atoms. The van der Waals surface area contributed by atoms with Gasteiger partial charge in [-0.15, -0.1) is 0 Å². The van der Waals surface area contributed by atoms with Crippen LogP contribution in [0.1, 0.15) is 5.56 Å². The van der Waals surface area contributed by atoms with Crippen molar-refractivity contribution in [1.82, 2.24) is 24.5 Å². The molecule has 7 heteroatoms. The molecule has 3 heterocycles. The maximum Gasteiger partial charge on any atom is 0.224 e. The predicted molar refractivity (Wildman–Crippen MR) is 123 cm³/mol. The highest BCUT2D eigenvalue weighted by Gasteiger charge is 2.09. The van der Waals surface area contributed by atoms with Crippen molar-refractivity contribution in [1.29, 1.82) is 0 Å². The zero-order valence-electron chi connectivity index (χ0n) is 16.8. The summed E-state index contributed by atoms with van der Waals surface area (Å²) in [7, 11) is 0. The number of nitrogens with one attached hydrogen (secondary N) is 1. The highest BCUT2D eigenvalue weighted by Crippen LogP contribution is 2.25. The third kappa shape index (κ3) is 4.06. The maximum absolute atomic E-state index is 5.82. The molecule has 2 aromatic carbocycles. The number of nitrogen functional groups attached to an aromatic ring is 1. The van der Waals surface area contributed by atoms with E-state index in [1.54, 1.807) is 18.7 Å². The molecule has 0 aliphatic rings. The Morgan fingerprint density at radius 2 is 1.68 bits per heavy atom. The van der Waals surface area contributed by atoms with Crippen LogP contribution in [-0.2, 0) is 6.42 Å². The van der Waals surface area contributed by atoms with Crippen molar-refractivity contribution < 1.29 is 0 Å². The Balaban J connectivity index is 1.37. The first kappa shape index (κ1) is 18.7. The highest BCUT2D eigenvalue weighted by molar-refractivity contribution is 5.83. The summed E-state index contributed by atoms with van der Waals surface area (Å²) in [5, 5.41) is 3.31. The van der Waals surface area contributed by atoms with Gasteiger partial charge in [0, 0.05) is 18.9 Å². The molecule has 5 aromatic rings. The second kappa shape index (κ2) is 8.23. The van der Waals surface area contributed by atoms with Crippen LogP contribution in [0.5, 0.6) is 0 Å². The van der Waals surface area contributed by atoms with E-state index in [1.807, 2.05) is 53.1 Å². The number of benzene rings is 2. The molecule has 3 N–H and O–H groups in total. The molecule has 152 valence electrons. The summed E-state index contributed by atoms with van der Waals surface area (Å²) < 4.78 is 1.96. The molecule has 0 atom stereocenters. The highest BCUT2D eigenvalue weighted by atomic mass is 15.2. The molecule has 31 heavy (non-hydrogen) atoms. The van der Waals surface area contributed by atoms with Crippen LogP contribution >= 0.6 is 0 Å². The minimum absolute atomic E-state index is 0.497. The summed E-state index contributed by atoms with van der Waals surface area (Å²) in [6.45, 7) is 0.760. The number of fused-ring (bicyclic) bond motifs is 1. The maximum atomic E-state index is 5.82. The van der Waals surface area contributed by atoms with Crippen LogP contribution in [0.2, 0.25) is 0 Å². The SMILES string of the molecule is Nc1cc(-c2ccc3c(c2)ncn3-c2ccnc(NCCc3ccccc3)n2)ccn1. The lowest BCUT2D eigenvalue weighted by atomic mass is 10.1. The molecular weight excluding hydrogens is 386 g/mol. The molecule has 3 aromatic heterocycles. The molecule has 0 aliphatic carbocycles. The van der Waals surface area contributed by atoms with Crippen molar-refractivity contribution in [3.8, 4) is 16.9 Å². The predicted octanol–water partition coefficient (Wildman–Crippen LogP) is 4.11. The van der Waals surface area contributed by atoms with E-state index in [-0.39, 0.29) is 0 Å². The Morgan fingerprint density at radius 3 is 2.55 bits per heavy atom. The Labute approximate surface area is 179 Å². The smallest absolute Gasteiger partial charge is 0.224 e. The number of hydrogen-bond donors (Lipinski definition) is 2. The number of imidazole rings is 1. The number of nitrogens with two attached hydrogens (primary N) is 1. The molecule has 0 aliphatic heterocycles. The zero-order valence-corrected chi connectivity index (χ0v) is 16.8. The third-order valence-corrected chi connectivity index (χ3v) is 5.09. The lowest BCUT2D eigenvalue weighted by Gasteiger charge is -2.08. The Kier molecular flexibility index (Phi) is 4.98. The number of pyridine rings is 1. The lowest BCUT2D eigenvalue weighted by Crippen LogP contribution is -2.09. The fourth-order valence-corrected chi connectivity index (χ4v) is 3.53. The Hall–Kier alpha value is -4.26. The summed E-state index contributed by atoms with van der Waals surface area (Å²) in [6.07, 6.45) is 6.16. The first-order valence-corrected chi connectivity index (χ1v) is 10.1. The van der Waals surface area contributed by atoms with Crippen LogP contribution in [0.15, 0.2) is 85.5 Å². The molecule has 5 rings (SSSR count). The van der Waals surface area contributed by atoms with Gasteiger partial charge in [-0.1, -0.05) is 36.4 Å². The molecule has 0 spiro atoms. The van der Waals surface area contributed by atoms with Crippen molar-refractivity contribution in [3.05, 3.63) is 91.0 Å². The number of aromatic nitrogens is 5. The second-order valence-corrected chi connectivity index (χ2v) is 7.19. The van der Waals surface area contributed by atoms with Gasteiger partial charge in [0.2, 0.25) is 5.95 Å². The van der Waals surface area contributed by atoms with Gasteiger partial charge in [-0.3, -0.25) is 4.57 Å². The number of hydrogen-bond acceptors (Lipinski definition) is 6. The summed E-state index contributed by atoms with van der Waals surface area (Å²) in [4.78, 5) is 17.6. The van der Waals surface area contributed by atoms with E-state index in [1.165, 1.54) is 5.56 Å². The van der Waals surface area contributed by atoms with E-state index < -0.39 is 0 Å². The fraction of sp³-hybridized carbons (Fsp3) is 0.0833. The third-order valence-electron chi connectivity index (χ3n) is 5.09. The molecule has 0 saturated carbocycles. The van der Waals surface area contributed by atoms with Crippen LogP contribution in [0.25, 0.3) is 28.0 Å². The summed E-state index contributed by atoms with van der Waals surface area (Å²) >= 11 is 0. The first-order chi connectivity index (χ1) is 15.3. The second-order valence-electron chi connectivity index (χ2n) is 7.19. The van der Waals surface area contributed by atoms with Crippen molar-refractivity contribution in [2.24, 2.45) is 0 Å². The van der Waals surface area contributed by atoms with Crippen molar-refractivity contribution in [2.75, 3.05) is 17.6 Å². The van der Waals surface area contributed by atoms with E-state index in [2.05, 4.69) is 43.5 Å². The molecular formula is C24H21N7. The lowest BCUT2D eigenvalue weighted by molar-refractivity contribution is 0.953. The zero-order chi connectivity index (χ0) is 21.0. The van der Waals surface area contributed by atoms with Gasteiger partial charge in [-0.05, 0) is 53.4 Å². The van der Waals surface area contributed by atoms with Crippen LogP contribution in [0, 0.1) is 0 Å². The van der Waals surface area contributed by atoms with E-state index >= 15 is 0 Å². The van der Waals surface area contributed by atoms with Gasteiger partial charge >= 0.3 is 0 Å². The van der Waals surface area contributed by atoms with E-state index in [0.29, 0.717) is 11.8 Å².